The van der Waals surface area contributed by atoms with Crippen LogP contribution in [0.1, 0.15) is 12.5 Å². The number of methoxy groups -OCH3 is 1. The summed E-state index contributed by atoms with van der Waals surface area (Å²) in [6.07, 6.45) is -0.245. The van der Waals surface area contributed by atoms with Crippen LogP contribution in [0.2, 0.25) is 5.02 Å². The molecule has 0 fully saturated rings. The number of esters is 1. The molecule has 0 amide bonds. The first-order valence-electron chi connectivity index (χ1n) is 7.85. The van der Waals surface area contributed by atoms with Gasteiger partial charge in [-0.15, -0.1) is 12.4 Å². The fourth-order valence-electron chi connectivity index (χ4n) is 2.55. The van der Waals surface area contributed by atoms with Gasteiger partial charge in [-0.05, 0) is 42.2 Å². The predicted molar refractivity (Wildman–Crippen MR) is 103 cm³/mol. The first kappa shape index (κ1) is 21.5. The van der Waals surface area contributed by atoms with Gasteiger partial charge in [0.2, 0.25) is 0 Å². The second kappa shape index (κ2) is 10.4. The Bertz CT molecular complexity index is 677. The third kappa shape index (κ3) is 6.01. The lowest BCUT2D eigenvalue weighted by Gasteiger charge is -2.21. The van der Waals surface area contributed by atoms with Crippen LogP contribution in [0.3, 0.4) is 0 Å². The average Bonchev–Trinajstić information content (AvgIpc) is 2.56. The molecule has 0 aliphatic rings. The molecule has 6 heteroatoms. The summed E-state index contributed by atoms with van der Waals surface area (Å²) in [5, 5.41) is 0.705. The van der Waals surface area contributed by atoms with E-state index in [0.29, 0.717) is 18.1 Å². The molecule has 136 valence electrons. The summed E-state index contributed by atoms with van der Waals surface area (Å²) >= 11 is 6.03. The molecule has 0 aliphatic carbocycles. The Balaban J connectivity index is 0.00000312. The zero-order valence-corrected chi connectivity index (χ0v) is 15.8. The maximum atomic E-state index is 11.8. The summed E-state index contributed by atoms with van der Waals surface area (Å²) < 4.78 is 10.2. The quantitative estimate of drug-likeness (QED) is 0.736. The topological polar surface area (TPSA) is 61.5 Å². The van der Waals surface area contributed by atoms with Crippen LogP contribution in [0, 0.1) is 0 Å². The summed E-state index contributed by atoms with van der Waals surface area (Å²) in [6, 6.07) is 15.2. The van der Waals surface area contributed by atoms with E-state index in [1.54, 1.807) is 6.92 Å². The van der Waals surface area contributed by atoms with E-state index in [1.807, 2.05) is 48.5 Å². The van der Waals surface area contributed by atoms with Crippen LogP contribution in [0.15, 0.2) is 48.5 Å². The normalized spacial score (nSPS) is 12.8. The molecule has 2 aromatic carbocycles. The lowest BCUT2D eigenvalue weighted by molar-refractivity contribution is -0.156. The van der Waals surface area contributed by atoms with Crippen molar-refractivity contribution in [2.45, 2.75) is 25.5 Å². The molecule has 0 saturated heterocycles. The van der Waals surface area contributed by atoms with Gasteiger partial charge in [-0.25, -0.2) is 4.79 Å². The van der Waals surface area contributed by atoms with Gasteiger partial charge in [0, 0.05) is 18.2 Å². The largest absolute Gasteiger partial charge is 0.464 e. The number of benzene rings is 2. The fourth-order valence-corrected chi connectivity index (χ4v) is 2.74. The molecule has 2 rings (SSSR count). The van der Waals surface area contributed by atoms with Gasteiger partial charge < -0.3 is 15.2 Å². The highest BCUT2D eigenvalue weighted by atomic mass is 35.5. The zero-order valence-electron chi connectivity index (χ0n) is 14.3. The first-order valence-corrected chi connectivity index (χ1v) is 8.22. The van der Waals surface area contributed by atoms with E-state index < -0.39 is 18.1 Å². The van der Waals surface area contributed by atoms with E-state index in [-0.39, 0.29) is 12.4 Å². The van der Waals surface area contributed by atoms with Gasteiger partial charge in [0.1, 0.15) is 0 Å². The minimum Gasteiger partial charge on any atom is -0.464 e. The Morgan fingerprint density at radius 1 is 1.16 bits per heavy atom. The highest BCUT2D eigenvalue weighted by Gasteiger charge is 2.26. The van der Waals surface area contributed by atoms with Crippen LogP contribution in [-0.2, 0) is 20.7 Å². The van der Waals surface area contributed by atoms with Crippen molar-refractivity contribution in [3.63, 3.8) is 0 Å². The number of carbonyl (C=O) groups is 1. The van der Waals surface area contributed by atoms with Crippen molar-refractivity contribution in [3.8, 4) is 11.1 Å². The second-order valence-corrected chi connectivity index (χ2v) is 5.92. The van der Waals surface area contributed by atoms with Gasteiger partial charge in [-0.3, -0.25) is 0 Å². The third-order valence-corrected chi connectivity index (χ3v) is 3.98. The van der Waals surface area contributed by atoms with Crippen molar-refractivity contribution in [3.05, 3.63) is 59.1 Å². The van der Waals surface area contributed by atoms with E-state index in [0.717, 1.165) is 16.7 Å². The zero-order chi connectivity index (χ0) is 17.5. The molecule has 0 aromatic heterocycles. The van der Waals surface area contributed by atoms with Crippen LogP contribution >= 0.6 is 24.0 Å². The van der Waals surface area contributed by atoms with Gasteiger partial charge in [0.15, 0.2) is 6.10 Å². The van der Waals surface area contributed by atoms with Gasteiger partial charge in [-0.1, -0.05) is 48.0 Å². The molecule has 2 aromatic rings. The average molecular weight is 384 g/mol. The molecule has 25 heavy (non-hydrogen) atoms. The van der Waals surface area contributed by atoms with E-state index in [1.165, 1.54) is 7.11 Å². The minimum absolute atomic E-state index is 0. The van der Waals surface area contributed by atoms with Gasteiger partial charge in [-0.2, -0.15) is 0 Å². The summed E-state index contributed by atoms with van der Waals surface area (Å²) in [7, 11) is 1.46. The molecular weight excluding hydrogens is 361 g/mol. The number of carbonyl (C=O) groups excluding carboxylic acids is 1. The Kier molecular flexibility index (Phi) is 8.93. The minimum atomic E-state index is -0.766. The Morgan fingerprint density at radius 3 is 2.40 bits per heavy atom. The monoisotopic (exact) mass is 383 g/mol. The maximum absolute atomic E-state index is 11.8. The van der Waals surface area contributed by atoms with Crippen molar-refractivity contribution in [2.24, 2.45) is 5.73 Å². The Morgan fingerprint density at radius 2 is 1.84 bits per heavy atom. The van der Waals surface area contributed by atoms with Crippen molar-refractivity contribution in [1.29, 1.82) is 0 Å². The number of hydrogen-bond acceptors (Lipinski definition) is 4. The van der Waals surface area contributed by atoms with Crippen LogP contribution in [0.4, 0.5) is 0 Å². The van der Waals surface area contributed by atoms with Crippen LogP contribution < -0.4 is 5.73 Å². The van der Waals surface area contributed by atoms with Crippen LogP contribution in [0.5, 0.6) is 0 Å². The maximum Gasteiger partial charge on any atom is 0.336 e. The van der Waals surface area contributed by atoms with E-state index in [4.69, 9.17) is 26.8 Å². The summed E-state index contributed by atoms with van der Waals surface area (Å²) in [6.45, 7) is 2.06. The van der Waals surface area contributed by atoms with E-state index in [2.05, 4.69) is 0 Å². The smallest absolute Gasteiger partial charge is 0.336 e. The lowest BCUT2D eigenvalue weighted by atomic mass is 9.99. The van der Waals surface area contributed by atoms with Crippen molar-refractivity contribution in [2.75, 3.05) is 13.7 Å². The lowest BCUT2D eigenvalue weighted by Crippen LogP contribution is -2.44. The molecule has 0 radical (unpaired) electrons. The molecule has 2 atom stereocenters. The number of nitrogens with two attached hydrogens (primary N) is 1. The molecule has 0 unspecified atom stereocenters. The van der Waals surface area contributed by atoms with Crippen LogP contribution in [0.25, 0.3) is 11.1 Å². The molecule has 4 nitrogen and oxygen atoms in total. The molecular formula is C19H23Cl2NO3. The third-order valence-electron chi connectivity index (χ3n) is 3.74. The number of halogens is 2. The Hall–Kier alpha value is -1.59. The highest BCUT2D eigenvalue weighted by Crippen LogP contribution is 2.23. The summed E-state index contributed by atoms with van der Waals surface area (Å²) in [5.41, 5.74) is 9.27. The van der Waals surface area contributed by atoms with Gasteiger partial charge in [0.05, 0.1) is 6.61 Å². The predicted octanol–water partition coefficient (Wildman–Crippen LogP) is 3.88. The highest BCUT2D eigenvalue weighted by molar-refractivity contribution is 6.30. The second-order valence-electron chi connectivity index (χ2n) is 5.48. The van der Waals surface area contributed by atoms with Crippen molar-refractivity contribution in [1.82, 2.24) is 0 Å². The van der Waals surface area contributed by atoms with Crippen molar-refractivity contribution >= 4 is 30.0 Å². The first-order chi connectivity index (χ1) is 11.5. The number of hydrogen-bond donors (Lipinski definition) is 1. The summed E-state index contributed by atoms with van der Waals surface area (Å²) in [5.74, 6) is -0.428. The van der Waals surface area contributed by atoms with Crippen LogP contribution in [-0.4, -0.2) is 31.8 Å². The SMILES string of the molecule is CCOC(=O)[C@H](OC)[C@H](N)Cc1ccc(-c2cccc(Cl)c2)cc1.Cl. The van der Waals surface area contributed by atoms with Crippen molar-refractivity contribution < 1.29 is 14.3 Å². The Labute approximate surface area is 159 Å². The molecule has 0 bridgehead atoms. The fraction of sp³-hybridized carbons (Fsp3) is 0.316. The van der Waals surface area contributed by atoms with Gasteiger partial charge in [0.25, 0.3) is 0 Å². The molecule has 0 saturated carbocycles. The van der Waals surface area contributed by atoms with Gasteiger partial charge >= 0.3 is 5.97 Å². The van der Waals surface area contributed by atoms with E-state index in [9.17, 15) is 4.79 Å². The van der Waals surface area contributed by atoms with E-state index >= 15 is 0 Å². The number of rotatable bonds is 7. The summed E-state index contributed by atoms with van der Waals surface area (Å²) in [4.78, 5) is 11.8. The molecule has 0 aliphatic heterocycles. The molecule has 2 N–H and O–H groups in total. The standard InChI is InChI=1S/C19H22ClNO3.ClH/c1-3-24-19(22)18(23-2)17(21)11-13-7-9-14(10-8-13)15-5-4-6-16(20)12-15;/h4-10,12,17-18H,3,11,21H2,1-2H3;1H/t17-,18-;/m1./s1. The number of ether oxygens (including phenoxy) is 2. The molecule has 0 spiro atoms. The molecule has 0 heterocycles.